The molecule has 1 aromatic heterocycles. The number of benzene rings is 1. The summed E-state index contributed by atoms with van der Waals surface area (Å²) in [5.74, 6) is 0. The third-order valence-electron chi connectivity index (χ3n) is 1.78. The molecular formula is C8H7N2NaO3S2. The first-order valence-electron chi connectivity index (χ1n) is 4.00. The van der Waals surface area contributed by atoms with Gasteiger partial charge in [0.2, 0.25) is 0 Å². The van der Waals surface area contributed by atoms with Gasteiger partial charge in [0.1, 0.15) is 0 Å². The first-order chi connectivity index (χ1) is 7.33. The summed E-state index contributed by atoms with van der Waals surface area (Å²) >= 11 is 2.40. The van der Waals surface area contributed by atoms with Crippen molar-refractivity contribution in [3.05, 3.63) is 18.2 Å². The second-order valence-electron chi connectivity index (χ2n) is 2.64. The molecule has 0 fully saturated rings. The Kier molecular flexibility index (Phi) is 6.16. The van der Waals surface area contributed by atoms with Gasteiger partial charge in [0.25, 0.3) is 0 Å². The predicted molar refractivity (Wildman–Crippen MR) is 55.9 cm³/mol. The van der Waals surface area contributed by atoms with Crippen molar-refractivity contribution in [2.24, 2.45) is 0 Å². The summed E-state index contributed by atoms with van der Waals surface area (Å²) in [6, 6.07) is 5.49. The summed E-state index contributed by atoms with van der Waals surface area (Å²) in [5.41, 5.74) is 1.78. The van der Waals surface area contributed by atoms with Gasteiger partial charge >= 0.3 is 29.6 Å². The van der Waals surface area contributed by atoms with Crippen molar-refractivity contribution in [1.29, 1.82) is 0 Å². The fourth-order valence-electron chi connectivity index (χ4n) is 1.17. The molecule has 0 atom stereocenters. The van der Waals surface area contributed by atoms with Crippen molar-refractivity contribution < 1.29 is 44.2 Å². The number of thioether (sulfide) groups is 1. The van der Waals surface area contributed by atoms with Gasteiger partial charge in [0.05, 0.1) is 23.1 Å². The summed E-state index contributed by atoms with van der Waals surface area (Å²) in [5, 5.41) is 13.8. The van der Waals surface area contributed by atoms with E-state index in [0.717, 1.165) is 33.1 Å². The predicted octanol–water partition coefficient (Wildman–Crippen LogP) is -1.48. The zero-order chi connectivity index (χ0) is 10.7. The number of aromatic nitrogens is 2. The van der Waals surface area contributed by atoms with E-state index in [9.17, 15) is 5.26 Å². The topological polar surface area (TPSA) is 70.2 Å². The molecule has 16 heavy (non-hydrogen) atoms. The molecule has 8 heteroatoms. The number of rotatable bonds is 4. The summed E-state index contributed by atoms with van der Waals surface area (Å²) < 4.78 is 4.22. The normalized spacial score (nSPS) is 10.4. The first-order valence-corrected chi connectivity index (χ1v) is 5.97. The number of nitrogens with one attached hydrogen (secondary N) is 1. The molecule has 1 aromatic carbocycles. The Hall–Kier alpha value is 0.270. The van der Waals surface area contributed by atoms with E-state index in [1.165, 1.54) is 11.8 Å². The van der Waals surface area contributed by atoms with Gasteiger partial charge in [-0.3, -0.25) is 5.04 Å². The minimum absolute atomic E-state index is 0. The molecule has 5 nitrogen and oxygen atoms in total. The zero-order valence-corrected chi connectivity index (χ0v) is 12.4. The average molecular weight is 266 g/mol. The number of hydrogen-bond acceptors (Lipinski definition) is 6. The van der Waals surface area contributed by atoms with E-state index in [2.05, 4.69) is 19.3 Å². The number of H-pyrrole nitrogens is 1. The fourth-order valence-corrected chi connectivity index (χ4v) is 1.96. The number of aromatic amines is 1. The smallest absolute Gasteiger partial charge is 0.691 e. The van der Waals surface area contributed by atoms with Gasteiger partial charge in [0.15, 0.2) is 5.16 Å². The zero-order valence-electron chi connectivity index (χ0n) is 8.72. The maximum Gasteiger partial charge on any atom is 1.00 e. The van der Waals surface area contributed by atoms with E-state index < -0.39 is 0 Å². The first kappa shape index (κ1) is 14.3. The van der Waals surface area contributed by atoms with Crippen LogP contribution in [0, 0.1) is 0 Å². The third kappa shape index (κ3) is 3.38. The Balaban J connectivity index is 0.00000128. The Morgan fingerprint density at radius 2 is 2.25 bits per heavy atom. The molecule has 2 aromatic rings. The third-order valence-corrected chi connectivity index (χ3v) is 2.93. The van der Waals surface area contributed by atoms with Gasteiger partial charge in [-0.1, -0.05) is 11.8 Å². The molecule has 0 aliphatic heterocycles. The van der Waals surface area contributed by atoms with Crippen LogP contribution in [-0.4, -0.2) is 16.2 Å². The van der Waals surface area contributed by atoms with Crippen LogP contribution in [0.4, 0.5) is 0 Å². The Morgan fingerprint density at radius 3 is 2.94 bits per heavy atom. The fraction of sp³-hybridized carbons (Fsp3) is 0.125. The van der Waals surface area contributed by atoms with Crippen molar-refractivity contribution in [3.8, 4) is 0 Å². The van der Waals surface area contributed by atoms with Crippen molar-refractivity contribution in [2.45, 2.75) is 10.1 Å². The van der Waals surface area contributed by atoms with E-state index in [0.29, 0.717) is 0 Å². The van der Waals surface area contributed by atoms with Gasteiger partial charge in [-0.2, -0.15) is 4.33 Å². The number of hydrogen-bond donors (Lipinski definition) is 1. The molecule has 0 amide bonds. The summed E-state index contributed by atoms with van der Waals surface area (Å²) in [6.45, 7) is 0. The van der Waals surface area contributed by atoms with Crippen LogP contribution in [0.5, 0.6) is 0 Å². The monoisotopic (exact) mass is 266 g/mol. The second-order valence-corrected chi connectivity index (χ2v) is 4.21. The largest absolute Gasteiger partial charge is 1.00 e. The quantitative estimate of drug-likeness (QED) is 0.239. The number of fused-ring (bicyclic) bond motifs is 1. The van der Waals surface area contributed by atoms with Gasteiger partial charge in [-0.25, -0.2) is 4.98 Å². The Labute approximate surface area is 123 Å². The molecule has 80 valence electrons. The molecule has 0 unspecified atom stereocenters. The molecule has 0 bridgehead atoms. The summed E-state index contributed by atoms with van der Waals surface area (Å²) in [4.78, 5) is 8.22. The van der Waals surface area contributed by atoms with Crippen LogP contribution in [0.3, 0.4) is 0 Å². The SMILES string of the molecule is CSc1nc2ccc(SOO[O-])cc2[nH]1.[Na+]. The maximum atomic E-state index is 9.65. The van der Waals surface area contributed by atoms with Crippen molar-refractivity contribution in [1.82, 2.24) is 9.97 Å². The molecule has 2 rings (SSSR count). The van der Waals surface area contributed by atoms with E-state index in [4.69, 9.17) is 0 Å². The van der Waals surface area contributed by atoms with Gasteiger partial charge < -0.3 is 10.2 Å². The van der Waals surface area contributed by atoms with Crippen molar-refractivity contribution in [3.63, 3.8) is 0 Å². The molecule has 0 saturated heterocycles. The van der Waals surface area contributed by atoms with Gasteiger partial charge in [-0.05, 0) is 24.5 Å². The molecule has 0 aliphatic carbocycles. The van der Waals surface area contributed by atoms with E-state index in [1.807, 2.05) is 18.4 Å². The average Bonchev–Trinajstić information content (AvgIpc) is 2.68. The van der Waals surface area contributed by atoms with Gasteiger partial charge in [0, 0.05) is 4.90 Å². The van der Waals surface area contributed by atoms with Crippen LogP contribution in [0.25, 0.3) is 11.0 Å². The molecule has 0 saturated carbocycles. The molecular weight excluding hydrogens is 259 g/mol. The standard InChI is InChI=1S/C8H8N2O3S2.Na/c1-14-8-9-6-3-2-5(15-13-12-11)4-7(6)10-8;/h2-4,11H,1H3,(H,9,10);/q;+1/p-1. The van der Waals surface area contributed by atoms with E-state index in [1.54, 1.807) is 6.07 Å². The molecule has 0 spiro atoms. The number of nitrogens with zero attached hydrogens (tertiary/aromatic N) is 1. The second kappa shape index (κ2) is 6.87. The molecule has 1 heterocycles. The number of imidazole rings is 1. The summed E-state index contributed by atoms with van der Waals surface area (Å²) in [6.07, 6.45) is 1.95. The molecule has 0 aliphatic rings. The maximum absolute atomic E-state index is 9.65. The van der Waals surface area contributed by atoms with E-state index >= 15 is 0 Å². The Bertz CT molecular complexity index is 465. The van der Waals surface area contributed by atoms with Crippen LogP contribution in [-0.2, 0) is 9.37 Å². The van der Waals surface area contributed by atoms with Crippen LogP contribution < -0.4 is 34.8 Å². The van der Waals surface area contributed by atoms with Crippen LogP contribution in [0.1, 0.15) is 0 Å². The van der Waals surface area contributed by atoms with Gasteiger partial charge in [-0.15, -0.1) is 0 Å². The van der Waals surface area contributed by atoms with E-state index in [-0.39, 0.29) is 29.6 Å². The summed E-state index contributed by atoms with van der Waals surface area (Å²) in [7, 11) is 0. The molecule has 0 radical (unpaired) electrons. The van der Waals surface area contributed by atoms with Crippen LogP contribution in [0.15, 0.2) is 28.3 Å². The van der Waals surface area contributed by atoms with Crippen LogP contribution >= 0.6 is 23.8 Å². The van der Waals surface area contributed by atoms with Crippen molar-refractivity contribution >= 4 is 34.8 Å². The van der Waals surface area contributed by atoms with Crippen molar-refractivity contribution in [2.75, 3.05) is 6.26 Å². The minimum atomic E-state index is 0. The Morgan fingerprint density at radius 1 is 1.44 bits per heavy atom. The minimum Gasteiger partial charge on any atom is -0.691 e. The molecule has 1 N–H and O–H groups in total. The van der Waals surface area contributed by atoms with Crippen LogP contribution in [0.2, 0.25) is 0 Å².